The van der Waals surface area contributed by atoms with E-state index in [1.165, 1.54) is 0 Å². The van der Waals surface area contributed by atoms with E-state index in [0.29, 0.717) is 0 Å². The Labute approximate surface area is 30.0 Å². The molecule has 1 nitrogen and oxygen atoms in total. The van der Waals surface area contributed by atoms with Crippen LogP contribution in [0.4, 0.5) is 0 Å². The molecule has 0 spiro atoms. The maximum atomic E-state index is 7.33. The summed E-state index contributed by atoms with van der Waals surface area (Å²) in [5.74, 6) is 0. The fourth-order valence-corrected chi connectivity index (χ4v) is 0. The summed E-state index contributed by atoms with van der Waals surface area (Å²) in [6.45, 7) is 2.92. The predicted molar refractivity (Wildman–Crippen MR) is 24.2 cm³/mol. The van der Waals surface area contributed by atoms with Gasteiger partial charge in [0.15, 0.2) is 0 Å². The highest BCUT2D eigenvalue weighted by atomic mass is 28.1. The maximum Gasteiger partial charge on any atom is 0.0719 e. The molecule has 0 amide bonds. The van der Waals surface area contributed by atoms with Crippen molar-refractivity contribution in [3.05, 3.63) is 12.8 Å². The fraction of sp³-hybridized carbons (Fsp3) is 0. The molecule has 2 heteroatoms. The number of hydrogen-bond donors (Lipinski definition) is 1. The summed E-state index contributed by atoms with van der Waals surface area (Å²) in [6, 6.07) is 0. The number of aliphatic hydroxyl groups excluding tert-OH is 1. The van der Waals surface area contributed by atoms with E-state index >= 15 is 0 Å². The van der Waals surface area contributed by atoms with Crippen LogP contribution in [0.3, 0.4) is 0 Å². The molecule has 0 rings (SSSR count). The van der Waals surface area contributed by atoms with Crippen molar-refractivity contribution in [1.82, 2.24) is 0 Å². The second kappa shape index (κ2) is 14.9. The van der Waals surface area contributed by atoms with Gasteiger partial charge in [0.1, 0.15) is 0 Å². The Bertz CT molecular complexity index is 13.5. The van der Waals surface area contributed by atoms with Crippen molar-refractivity contribution in [2.45, 2.75) is 0 Å². The van der Waals surface area contributed by atoms with Crippen molar-refractivity contribution >= 4 is 11.0 Å². The monoisotopic (exact) mass is 76.0 g/mol. The Morgan fingerprint density at radius 1 is 1.75 bits per heavy atom. The highest BCUT2D eigenvalue weighted by Gasteiger charge is 1.11. The number of rotatable bonds is 0. The summed E-state index contributed by atoms with van der Waals surface area (Å²) in [4.78, 5) is 0. The Hall–Kier alpha value is -0.243. The van der Waals surface area contributed by atoms with E-state index in [1.807, 2.05) is 0 Å². The first-order valence-corrected chi connectivity index (χ1v) is 0.666. The summed E-state index contributed by atoms with van der Waals surface area (Å²) >= 11 is 0. The van der Waals surface area contributed by atoms with E-state index in [2.05, 4.69) is 6.58 Å². The second-order valence-electron chi connectivity index (χ2n) is 0.183. The number of aliphatic hydroxyl groups is 1. The van der Waals surface area contributed by atoms with E-state index in [9.17, 15) is 0 Å². The molecule has 0 saturated heterocycles. The summed E-state index contributed by atoms with van der Waals surface area (Å²) in [5.41, 5.74) is 0. The SMILES string of the molecule is C=CO.[SiH4]. The molecule has 0 heterocycles. The first-order chi connectivity index (χ1) is 1.41. The van der Waals surface area contributed by atoms with Crippen LogP contribution in [0.25, 0.3) is 0 Å². The van der Waals surface area contributed by atoms with Gasteiger partial charge in [0, 0.05) is 0 Å². The molecule has 0 radical (unpaired) electrons. The van der Waals surface area contributed by atoms with Gasteiger partial charge in [0.2, 0.25) is 0 Å². The number of hydrogen-bond acceptors (Lipinski definition) is 1. The van der Waals surface area contributed by atoms with Crippen molar-refractivity contribution in [1.29, 1.82) is 0 Å². The Morgan fingerprint density at radius 2 is 1.75 bits per heavy atom. The van der Waals surface area contributed by atoms with Crippen LogP contribution in [0, 0.1) is 0 Å². The molecule has 0 bridgehead atoms. The molecule has 0 aliphatic rings. The fourth-order valence-electron chi connectivity index (χ4n) is 0. The van der Waals surface area contributed by atoms with Gasteiger partial charge in [-0.25, -0.2) is 0 Å². The minimum atomic E-state index is 0. The van der Waals surface area contributed by atoms with Gasteiger partial charge in [0.25, 0.3) is 0 Å². The summed E-state index contributed by atoms with van der Waals surface area (Å²) in [5, 5.41) is 7.33. The van der Waals surface area contributed by atoms with Crippen LogP contribution in [-0.4, -0.2) is 16.1 Å². The summed E-state index contributed by atoms with van der Waals surface area (Å²) < 4.78 is 0. The van der Waals surface area contributed by atoms with Crippen LogP contribution < -0.4 is 0 Å². The summed E-state index contributed by atoms with van der Waals surface area (Å²) in [7, 11) is 0. The molecule has 0 aliphatic heterocycles. The third kappa shape index (κ3) is 17.0. The lowest BCUT2D eigenvalue weighted by molar-refractivity contribution is 0.476. The molecule has 0 aliphatic carbocycles. The standard InChI is InChI=1S/C2H4O.H4Si/c1-2-3;/h2-3H,1H2;1H4. The van der Waals surface area contributed by atoms with Crippen molar-refractivity contribution < 1.29 is 5.11 Å². The summed E-state index contributed by atoms with van der Waals surface area (Å²) in [6.07, 6.45) is 0.750. The molecule has 0 atom stereocenters. The van der Waals surface area contributed by atoms with Crippen molar-refractivity contribution in [2.75, 3.05) is 0 Å². The highest BCUT2D eigenvalue weighted by Crippen LogP contribution is 1.26. The quantitative estimate of drug-likeness (QED) is 0.297. The van der Waals surface area contributed by atoms with E-state index in [4.69, 9.17) is 5.11 Å². The smallest absolute Gasteiger partial charge is 0.0719 e. The van der Waals surface area contributed by atoms with Gasteiger partial charge in [-0.05, 0) is 11.0 Å². The second-order valence-corrected chi connectivity index (χ2v) is 0.183. The predicted octanol–water partition coefficient (Wildman–Crippen LogP) is -0.764. The van der Waals surface area contributed by atoms with Crippen molar-refractivity contribution in [3.63, 3.8) is 0 Å². The zero-order valence-electron chi connectivity index (χ0n) is 1.73. The molecule has 0 fully saturated rings. The third-order valence-electron chi connectivity index (χ3n) is 0. The van der Waals surface area contributed by atoms with Crippen LogP contribution in [0.1, 0.15) is 0 Å². The molecule has 0 aromatic carbocycles. The van der Waals surface area contributed by atoms with Crippen LogP contribution >= 0.6 is 0 Å². The Morgan fingerprint density at radius 3 is 1.75 bits per heavy atom. The largest absolute Gasteiger partial charge is 0.516 e. The van der Waals surface area contributed by atoms with Crippen LogP contribution in [0.5, 0.6) is 0 Å². The van der Waals surface area contributed by atoms with Gasteiger partial charge in [-0.2, -0.15) is 0 Å². The lowest BCUT2D eigenvalue weighted by Gasteiger charge is -1.41. The van der Waals surface area contributed by atoms with E-state index < -0.39 is 0 Å². The third-order valence-corrected chi connectivity index (χ3v) is 0. The van der Waals surface area contributed by atoms with Crippen LogP contribution in [0.15, 0.2) is 12.8 Å². The van der Waals surface area contributed by atoms with Gasteiger partial charge < -0.3 is 5.11 Å². The molecule has 1 N–H and O–H groups in total. The molecular weight excluding hydrogens is 68.1 g/mol. The maximum absolute atomic E-state index is 7.33. The van der Waals surface area contributed by atoms with Crippen LogP contribution in [0.2, 0.25) is 0 Å². The zero-order chi connectivity index (χ0) is 2.71. The molecule has 0 saturated carbocycles. The van der Waals surface area contributed by atoms with Crippen LogP contribution in [-0.2, 0) is 0 Å². The highest BCUT2D eigenvalue weighted by molar-refractivity contribution is 5.75. The molecule has 0 aromatic heterocycles. The molecule has 4 heavy (non-hydrogen) atoms. The van der Waals surface area contributed by atoms with E-state index in [0.717, 1.165) is 6.26 Å². The average molecular weight is 76.2 g/mol. The molecule has 26 valence electrons. The Balaban J connectivity index is 0. The van der Waals surface area contributed by atoms with E-state index in [1.54, 1.807) is 0 Å². The lowest BCUT2D eigenvalue weighted by atomic mass is 11.2. The lowest BCUT2D eigenvalue weighted by Crippen LogP contribution is -1.25. The Kier molecular flexibility index (Phi) is 34.4. The first-order valence-electron chi connectivity index (χ1n) is 0.666. The normalized spacial score (nSPS) is 3.00. The zero-order valence-corrected chi connectivity index (χ0v) is 1.73. The topological polar surface area (TPSA) is 20.2 Å². The average Bonchev–Trinajstić information content (AvgIpc) is 0.918. The van der Waals surface area contributed by atoms with Gasteiger partial charge in [0.05, 0.1) is 6.26 Å². The molecule has 0 unspecified atom stereocenters. The minimum absolute atomic E-state index is 0. The minimum Gasteiger partial charge on any atom is -0.516 e. The van der Waals surface area contributed by atoms with Crippen molar-refractivity contribution in [2.24, 2.45) is 0 Å². The van der Waals surface area contributed by atoms with Crippen molar-refractivity contribution in [3.8, 4) is 0 Å². The molecular formula is C2H8OSi. The first kappa shape index (κ1) is 9.25. The van der Waals surface area contributed by atoms with Gasteiger partial charge in [-0.15, -0.1) is 0 Å². The molecule has 0 aromatic rings. The van der Waals surface area contributed by atoms with Gasteiger partial charge >= 0.3 is 0 Å². The van der Waals surface area contributed by atoms with Gasteiger partial charge in [-0.1, -0.05) is 6.58 Å². The van der Waals surface area contributed by atoms with E-state index in [-0.39, 0.29) is 11.0 Å². The van der Waals surface area contributed by atoms with Gasteiger partial charge in [-0.3, -0.25) is 0 Å².